The number of hydrogen-bond donors (Lipinski definition) is 0. The maximum Gasteiger partial charge on any atom is 0.268 e. The van der Waals surface area contributed by atoms with Crippen molar-refractivity contribution in [1.82, 2.24) is 0 Å². The minimum atomic E-state index is -0.881. The molecule has 1 aliphatic carbocycles. The van der Waals surface area contributed by atoms with Crippen LogP contribution in [-0.4, -0.2) is 17.3 Å². The number of carbonyl (C=O) groups is 3. The van der Waals surface area contributed by atoms with E-state index < -0.39 is 17.3 Å². The van der Waals surface area contributed by atoms with Gasteiger partial charge in [-0.25, -0.2) is 0 Å². The molecule has 3 heteroatoms. The highest BCUT2D eigenvalue weighted by Gasteiger charge is 2.31. The highest BCUT2D eigenvalue weighted by atomic mass is 16.2. The molecule has 0 unspecified atom stereocenters. The first-order valence-corrected chi connectivity index (χ1v) is 4.15. The second kappa shape index (κ2) is 2.91. The van der Waals surface area contributed by atoms with Gasteiger partial charge in [-0.1, -0.05) is 26.3 Å². The summed E-state index contributed by atoms with van der Waals surface area (Å²) in [5.41, 5.74) is 0.522. The summed E-state index contributed by atoms with van der Waals surface area (Å²) in [7, 11) is 0. The predicted molar refractivity (Wildman–Crippen MR) is 47.2 cm³/mol. The molecule has 0 spiro atoms. The first-order valence-electron chi connectivity index (χ1n) is 4.15. The molecule has 0 bridgehead atoms. The molecule has 0 aromatic heterocycles. The molecule has 0 aromatic carbocycles. The van der Waals surface area contributed by atoms with Crippen molar-refractivity contribution in [1.29, 1.82) is 0 Å². The Morgan fingerprint density at radius 3 is 2.08 bits per heavy atom. The molecule has 0 fully saturated rings. The molecule has 0 saturated carbocycles. The minimum absolute atomic E-state index is 0.0913. The van der Waals surface area contributed by atoms with Crippen LogP contribution in [0.3, 0.4) is 0 Å². The molecule has 0 aromatic rings. The van der Waals surface area contributed by atoms with Crippen LogP contribution in [0, 0.1) is 5.41 Å². The monoisotopic (exact) mass is 180 g/mol. The molecule has 0 saturated heterocycles. The van der Waals surface area contributed by atoms with E-state index in [1.807, 2.05) is 20.8 Å². The number of rotatable bonds is 0. The molecular formula is C10H12O3. The molecule has 13 heavy (non-hydrogen) atoms. The van der Waals surface area contributed by atoms with Crippen molar-refractivity contribution in [2.75, 3.05) is 0 Å². The summed E-state index contributed by atoms with van der Waals surface area (Å²) in [5, 5.41) is 0. The summed E-state index contributed by atoms with van der Waals surface area (Å²) < 4.78 is 0. The lowest BCUT2D eigenvalue weighted by Gasteiger charge is -2.24. The largest absolute Gasteiger partial charge is 0.290 e. The molecule has 0 heterocycles. The Hall–Kier alpha value is -1.25. The van der Waals surface area contributed by atoms with E-state index in [1.165, 1.54) is 6.08 Å². The molecule has 0 amide bonds. The average molecular weight is 180 g/mol. The number of allylic oxidation sites excluding steroid dienone is 2. The fourth-order valence-electron chi connectivity index (χ4n) is 1.15. The zero-order chi connectivity index (χ0) is 10.2. The topological polar surface area (TPSA) is 51.2 Å². The van der Waals surface area contributed by atoms with Crippen LogP contribution in [0.2, 0.25) is 0 Å². The fourth-order valence-corrected chi connectivity index (χ4v) is 1.15. The van der Waals surface area contributed by atoms with Gasteiger partial charge in [-0.05, 0) is 11.5 Å². The van der Waals surface area contributed by atoms with Crippen LogP contribution < -0.4 is 0 Å². The van der Waals surface area contributed by atoms with Crippen LogP contribution in [0.25, 0.3) is 0 Å². The highest BCUT2D eigenvalue weighted by Crippen LogP contribution is 2.29. The maximum atomic E-state index is 11.1. The van der Waals surface area contributed by atoms with Crippen molar-refractivity contribution in [2.24, 2.45) is 5.41 Å². The molecule has 70 valence electrons. The van der Waals surface area contributed by atoms with Crippen molar-refractivity contribution in [3.8, 4) is 0 Å². The zero-order valence-corrected chi connectivity index (χ0v) is 8.01. The third kappa shape index (κ3) is 1.91. The summed E-state index contributed by atoms with van der Waals surface area (Å²) in [6.45, 7) is 5.74. The van der Waals surface area contributed by atoms with E-state index in [1.54, 1.807) is 0 Å². The standard InChI is InChI=1S/C10H12O3/c1-10(2,3)6-4-7(11)9(13)8(12)5-6/h4H,5H2,1-3H3. The molecule has 0 aliphatic heterocycles. The van der Waals surface area contributed by atoms with Crippen molar-refractivity contribution in [3.05, 3.63) is 11.6 Å². The summed E-state index contributed by atoms with van der Waals surface area (Å²) in [6, 6.07) is 0. The van der Waals surface area contributed by atoms with E-state index in [0.29, 0.717) is 0 Å². The fraction of sp³-hybridized carbons (Fsp3) is 0.500. The van der Waals surface area contributed by atoms with Crippen LogP contribution in [0.4, 0.5) is 0 Å². The van der Waals surface area contributed by atoms with Gasteiger partial charge in [0.05, 0.1) is 0 Å². The first-order chi connectivity index (χ1) is 5.82. The van der Waals surface area contributed by atoms with Crippen molar-refractivity contribution in [3.63, 3.8) is 0 Å². The van der Waals surface area contributed by atoms with Gasteiger partial charge in [0.25, 0.3) is 5.78 Å². The lowest BCUT2D eigenvalue weighted by molar-refractivity contribution is -0.142. The molecule has 1 rings (SSSR count). The van der Waals surface area contributed by atoms with Crippen molar-refractivity contribution in [2.45, 2.75) is 27.2 Å². The quantitative estimate of drug-likeness (QED) is 0.524. The summed E-state index contributed by atoms with van der Waals surface area (Å²) in [5.74, 6) is -2.15. The smallest absolute Gasteiger partial charge is 0.268 e. The van der Waals surface area contributed by atoms with Crippen LogP contribution in [0.1, 0.15) is 27.2 Å². The Kier molecular flexibility index (Phi) is 2.20. The van der Waals surface area contributed by atoms with Gasteiger partial charge in [0.2, 0.25) is 11.6 Å². The van der Waals surface area contributed by atoms with Crippen molar-refractivity contribution >= 4 is 17.3 Å². The van der Waals surface area contributed by atoms with Crippen LogP contribution in [-0.2, 0) is 14.4 Å². The van der Waals surface area contributed by atoms with Gasteiger partial charge in [0.15, 0.2) is 0 Å². The third-order valence-corrected chi connectivity index (χ3v) is 2.10. The Balaban J connectivity index is 3.06. The number of hydrogen-bond acceptors (Lipinski definition) is 3. The third-order valence-electron chi connectivity index (χ3n) is 2.10. The highest BCUT2D eigenvalue weighted by molar-refractivity contribution is 6.67. The van der Waals surface area contributed by atoms with Gasteiger partial charge >= 0.3 is 0 Å². The average Bonchev–Trinajstić information content (AvgIpc) is 1.97. The molecule has 0 N–H and O–H groups in total. The second-order valence-electron chi connectivity index (χ2n) is 4.21. The van der Waals surface area contributed by atoms with Gasteiger partial charge in [0, 0.05) is 6.42 Å². The molecular weight excluding hydrogens is 168 g/mol. The Bertz CT molecular complexity index is 316. The van der Waals surface area contributed by atoms with E-state index in [9.17, 15) is 14.4 Å². The van der Waals surface area contributed by atoms with E-state index >= 15 is 0 Å². The molecule has 0 radical (unpaired) electrons. The summed E-state index contributed by atoms with van der Waals surface area (Å²) in [4.78, 5) is 32.9. The number of Topliss-reactive ketones (excluding diaryl/α,β-unsaturated/α-hetero) is 2. The Morgan fingerprint density at radius 2 is 1.69 bits per heavy atom. The van der Waals surface area contributed by atoms with Crippen molar-refractivity contribution < 1.29 is 14.4 Å². The normalized spacial score (nSPS) is 19.0. The van der Waals surface area contributed by atoms with E-state index in [0.717, 1.165) is 5.57 Å². The van der Waals surface area contributed by atoms with Crippen LogP contribution in [0.5, 0.6) is 0 Å². The van der Waals surface area contributed by atoms with Gasteiger partial charge < -0.3 is 0 Å². The lowest BCUT2D eigenvalue weighted by atomic mass is 9.79. The molecule has 1 aliphatic rings. The Labute approximate surface area is 76.8 Å². The van der Waals surface area contributed by atoms with E-state index in [2.05, 4.69) is 0 Å². The SMILES string of the molecule is CC(C)(C)C1=CC(=O)C(=O)C(=O)C1. The zero-order valence-electron chi connectivity index (χ0n) is 8.01. The number of carbonyl (C=O) groups excluding carboxylic acids is 3. The Morgan fingerprint density at radius 1 is 1.15 bits per heavy atom. The van der Waals surface area contributed by atoms with Crippen LogP contribution >= 0.6 is 0 Å². The van der Waals surface area contributed by atoms with Gasteiger partial charge in [0.1, 0.15) is 0 Å². The second-order valence-corrected chi connectivity index (χ2v) is 4.21. The van der Waals surface area contributed by atoms with Gasteiger partial charge in [-0.15, -0.1) is 0 Å². The van der Waals surface area contributed by atoms with Gasteiger partial charge in [-0.2, -0.15) is 0 Å². The predicted octanol–water partition coefficient (Wildman–Crippen LogP) is 1.07. The summed E-state index contributed by atoms with van der Waals surface area (Å²) >= 11 is 0. The number of ketones is 3. The first kappa shape index (κ1) is 9.84. The lowest BCUT2D eigenvalue weighted by Crippen LogP contribution is -2.30. The summed E-state index contributed by atoms with van der Waals surface area (Å²) in [6.07, 6.45) is 1.39. The van der Waals surface area contributed by atoms with Crippen LogP contribution in [0.15, 0.2) is 11.6 Å². The van der Waals surface area contributed by atoms with Gasteiger partial charge in [-0.3, -0.25) is 14.4 Å². The molecule has 0 atom stereocenters. The maximum absolute atomic E-state index is 11.1. The minimum Gasteiger partial charge on any atom is -0.290 e. The van der Waals surface area contributed by atoms with E-state index in [4.69, 9.17) is 0 Å². The van der Waals surface area contributed by atoms with E-state index in [-0.39, 0.29) is 11.8 Å². The molecule has 3 nitrogen and oxygen atoms in total.